The highest BCUT2D eigenvalue weighted by molar-refractivity contribution is 7.99. The van der Waals surface area contributed by atoms with Gasteiger partial charge in [0, 0.05) is 45.2 Å². The van der Waals surface area contributed by atoms with Crippen LogP contribution in [0.15, 0.2) is 107 Å². The summed E-state index contributed by atoms with van der Waals surface area (Å²) in [5.41, 5.74) is 9.18. The Morgan fingerprint density at radius 1 is 0.884 bits per heavy atom. The van der Waals surface area contributed by atoms with Crippen molar-refractivity contribution in [3.05, 3.63) is 141 Å². The number of aromatic nitrogens is 2. The van der Waals surface area contributed by atoms with Gasteiger partial charge in [-0.1, -0.05) is 36.0 Å². The third-order valence-corrected chi connectivity index (χ3v) is 9.28. The second kappa shape index (κ2) is 11.7. The van der Waals surface area contributed by atoms with Gasteiger partial charge in [-0.3, -0.25) is 15.1 Å². The predicted octanol–water partition coefficient (Wildman–Crippen LogP) is 8.34. The number of nitro groups is 1. The minimum absolute atomic E-state index is 0.0835. The van der Waals surface area contributed by atoms with E-state index in [4.69, 9.17) is 17.2 Å². The first kappa shape index (κ1) is 28.6. The first-order valence-electron chi connectivity index (χ1n) is 14.0. The minimum Gasteiger partial charge on any atom is -0.351 e. The molecule has 2 aromatic heterocycles. The lowest BCUT2D eigenvalue weighted by Gasteiger charge is -2.28. The molecule has 0 bridgehead atoms. The molecule has 0 radical (unpaired) electrons. The first-order chi connectivity index (χ1) is 20.7. The number of hydrogen-bond acceptors (Lipinski definition) is 5. The van der Waals surface area contributed by atoms with E-state index in [1.54, 1.807) is 23.9 Å². The molecular formula is C34H31N5O2S2. The van der Waals surface area contributed by atoms with Crippen molar-refractivity contribution in [2.45, 2.75) is 49.6 Å². The SMILES string of the molecule is Cc1cccc(C)c1-n1c(C)cc([C@@H]2[C@H](c3ccccn3)NC(=S)N2c2ccc(Sc3ccc([N+](=O)[O-])cc3)cc2)c1C. The van der Waals surface area contributed by atoms with Crippen LogP contribution in [0.3, 0.4) is 0 Å². The van der Waals surface area contributed by atoms with Gasteiger partial charge in [0.25, 0.3) is 5.69 Å². The number of anilines is 1. The summed E-state index contributed by atoms with van der Waals surface area (Å²) in [6, 6.07) is 29.3. The molecule has 0 spiro atoms. The Labute approximate surface area is 260 Å². The Hall–Kier alpha value is -4.47. The maximum atomic E-state index is 11.0. The van der Waals surface area contributed by atoms with Crippen molar-refractivity contribution in [1.82, 2.24) is 14.9 Å². The number of aryl methyl sites for hydroxylation is 3. The summed E-state index contributed by atoms with van der Waals surface area (Å²) in [6.45, 7) is 8.67. The topological polar surface area (TPSA) is 76.2 Å². The van der Waals surface area contributed by atoms with Gasteiger partial charge in [-0.05, 0) is 111 Å². The molecule has 1 N–H and O–H groups in total. The van der Waals surface area contributed by atoms with E-state index in [-0.39, 0.29) is 22.7 Å². The Balaban J connectivity index is 1.39. The van der Waals surface area contributed by atoms with E-state index in [0.717, 1.165) is 26.9 Å². The van der Waals surface area contributed by atoms with Gasteiger partial charge in [0.1, 0.15) is 0 Å². The van der Waals surface area contributed by atoms with Gasteiger partial charge < -0.3 is 14.8 Å². The van der Waals surface area contributed by atoms with Gasteiger partial charge in [-0.25, -0.2) is 0 Å². The number of benzene rings is 3. The molecule has 0 amide bonds. The summed E-state index contributed by atoms with van der Waals surface area (Å²) in [5, 5.41) is 15.2. The third kappa shape index (κ3) is 5.42. The second-order valence-electron chi connectivity index (χ2n) is 10.7. The lowest BCUT2D eigenvalue weighted by Crippen LogP contribution is -2.29. The molecule has 9 heteroatoms. The summed E-state index contributed by atoms with van der Waals surface area (Å²) >= 11 is 7.55. The highest BCUT2D eigenvalue weighted by Gasteiger charge is 2.42. The van der Waals surface area contributed by atoms with Crippen LogP contribution in [0.5, 0.6) is 0 Å². The van der Waals surface area contributed by atoms with Crippen LogP contribution in [-0.4, -0.2) is 19.6 Å². The van der Waals surface area contributed by atoms with Crippen LogP contribution in [0.4, 0.5) is 11.4 Å². The number of pyridine rings is 1. The molecule has 1 saturated heterocycles. The molecule has 1 aliphatic heterocycles. The number of para-hydroxylation sites is 1. The van der Waals surface area contributed by atoms with Crippen LogP contribution in [-0.2, 0) is 0 Å². The second-order valence-corrected chi connectivity index (χ2v) is 12.3. The average molecular weight is 606 g/mol. The summed E-state index contributed by atoms with van der Waals surface area (Å²) in [4.78, 5) is 19.5. The van der Waals surface area contributed by atoms with Crippen molar-refractivity contribution in [2.75, 3.05) is 4.90 Å². The lowest BCUT2D eigenvalue weighted by atomic mass is 9.96. The normalized spacial score (nSPS) is 16.4. The van der Waals surface area contributed by atoms with E-state index >= 15 is 0 Å². The molecule has 0 saturated carbocycles. The maximum Gasteiger partial charge on any atom is 0.269 e. The fraction of sp³-hybridized carbons (Fsp3) is 0.176. The zero-order chi connectivity index (χ0) is 30.2. The summed E-state index contributed by atoms with van der Waals surface area (Å²) in [5.74, 6) is 0. The van der Waals surface area contributed by atoms with Crippen molar-refractivity contribution < 1.29 is 4.92 Å². The van der Waals surface area contributed by atoms with Gasteiger partial charge in [0.15, 0.2) is 5.11 Å². The summed E-state index contributed by atoms with van der Waals surface area (Å²) in [7, 11) is 0. The quantitative estimate of drug-likeness (QED) is 0.114. The van der Waals surface area contributed by atoms with Crippen LogP contribution < -0.4 is 10.2 Å². The molecule has 1 aliphatic rings. The van der Waals surface area contributed by atoms with E-state index in [0.29, 0.717) is 5.11 Å². The number of thiocarbonyl (C=S) groups is 1. The lowest BCUT2D eigenvalue weighted by molar-refractivity contribution is -0.384. The molecule has 3 aromatic carbocycles. The number of nitrogens with zero attached hydrogens (tertiary/aromatic N) is 4. The first-order valence-corrected chi connectivity index (χ1v) is 15.2. The number of non-ortho nitro benzene ring substituents is 1. The van der Waals surface area contributed by atoms with Crippen molar-refractivity contribution in [3.63, 3.8) is 0 Å². The standard InChI is InChI=1S/C34H31N5O2S2/c1-21-8-7-9-22(2)32(21)37-23(3)20-29(24(37)4)33-31(30-10-5-6-19-35-30)36-34(42)38(33)25-11-15-27(16-12-25)43-28-17-13-26(14-18-28)39(40)41/h5-20,31,33H,1-4H3,(H,36,42)/t31-,33+/m0/s1. The highest BCUT2D eigenvalue weighted by Crippen LogP contribution is 2.44. The van der Waals surface area contributed by atoms with Gasteiger partial charge in [-0.2, -0.15) is 0 Å². The van der Waals surface area contributed by atoms with Crippen LogP contribution in [0.1, 0.15) is 45.9 Å². The fourth-order valence-electron chi connectivity index (χ4n) is 5.99. The van der Waals surface area contributed by atoms with E-state index in [9.17, 15) is 10.1 Å². The molecule has 7 nitrogen and oxygen atoms in total. The van der Waals surface area contributed by atoms with Crippen LogP contribution in [0, 0.1) is 37.8 Å². The molecule has 0 aliphatic carbocycles. The molecule has 6 rings (SSSR count). The Bertz CT molecular complexity index is 1800. The minimum atomic E-state index is -0.384. The summed E-state index contributed by atoms with van der Waals surface area (Å²) in [6.07, 6.45) is 1.82. The highest BCUT2D eigenvalue weighted by atomic mass is 32.2. The zero-order valence-corrected chi connectivity index (χ0v) is 25.9. The fourth-order valence-corrected chi connectivity index (χ4v) is 7.15. The van der Waals surface area contributed by atoms with Crippen molar-refractivity contribution in [3.8, 4) is 5.69 Å². The molecule has 43 heavy (non-hydrogen) atoms. The largest absolute Gasteiger partial charge is 0.351 e. The number of nitrogens with one attached hydrogen (secondary N) is 1. The third-order valence-electron chi connectivity index (χ3n) is 7.95. The average Bonchev–Trinajstić information content (AvgIpc) is 3.49. The van der Waals surface area contributed by atoms with E-state index in [1.807, 2.05) is 24.4 Å². The summed E-state index contributed by atoms with van der Waals surface area (Å²) < 4.78 is 2.36. The molecule has 1 fully saturated rings. The van der Waals surface area contributed by atoms with Gasteiger partial charge in [0.2, 0.25) is 0 Å². The molecular weight excluding hydrogens is 575 g/mol. The Morgan fingerprint density at radius 2 is 1.53 bits per heavy atom. The smallest absolute Gasteiger partial charge is 0.269 e. The van der Waals surface area contributed by atoms with E-state index < -0.39 is 0 Å². The van der Waals surface area contributed by atoms with Crippen molar-refractivity contribution >= 4 is 40.5 Å². The van der Waals surface area contributed by atoms with Gasteiger partial charge in [0.05, 0.1) is 28.4 Å². The van der Waals surface area contributed by atoms with Crippen LogP contribution in [0.25, 0.3) is 5.69 Å². The molecule has 5 aromatic rings. The number of rotatable bonds is 7. The van der Waals surface area contributed by atoms with Crippen molar-refractivity contribution in [2.24, 2.45) is 0 Å². The molecule has 216 valence electrons. The predicted molar refractivity (Wildman–Crippen MR) is 176 cm³/mol. The van der Waals surface area contributed by atoms with Gasteiger partial charge in [-0.15, -0.1) is 0 Å². The monoisotopic (exact) mass is 605 g/mol. The Kier molecular flexibility index (Phi) is 7.77. The number of nitro benzene ring substituents is 1. The van der Waals surface area contributed by atoms with Crippen LogP contribution >= 0.6 is 24.0 Å². The maximum absolute atomic E-state index is 11.0. The Morgan fingerprint density at radius 3 is 2.14 bits per heavy atom. The van der Waals surface area contributed by atoms with E-state index in [2.05, 4.69) is 91.0 Å². The van der Waals surface area contributed by atoms with Crippen molar-refractivity contribution in [1.29, 1.82) is 0 Å². The zero-order valence-electron chi connectivity index (χ0n) is 24.3. The van der Waals surface area contributed by atoms with Crippen LogP contribution in [0.2, 0.25) is 0 Å². The molecule has 2 atom stereocenters. The van der Waals surface area contributed by atoms with Gasteiger partial charge >= 0.3 is 0 Å². The van der Waals surface area contributed by atoms with E-state index in [1.165, 1.54) is 40.2 Å². The molecule has 0 unspecified atom stereocenters. The molecule has 3 heterocycles. The number of hydrogen-bond donors (Lipinski definition) is 1.